The van der Waals surface area contributed by atoms with Crippen molar-refractivity contribution in [2.75, 3.05) is 19.6 Å². The Hall–Kier alpha value is -3.49. The van der Waals surface area contributed by atoms with Crippen molar-refractivity contribution in [1.82, 2.24) is 15.1 Å². The molecule has 1 aromatic carbocycles. The first-order valence-corrected chi connectivity index (χ1v) is 8.26. The zero-order valence-electron chi connectivity index (χ0n) is 14.6. The minimum atomic E-state index is -1.18. The zero-order valence-corrected chi connectivity index (χ0v) is 14.6. The van der Waals surface area contributed by atoms with E-state index in [0.717, 1.165) is 9.80 Å². The number of nitrogens with one attached hydrogen (secondary N) is 1. The van der Waals surface area contributed by atoms with Gasteiger partial charge in [0.15, 0.2) is 6.10 Å². The number of benzene rings is 1. The Morgan fingerprint density at radius 3 is 2.59 bits per heavy atom. The molecule has 0 saturated carbocycles. The Balaban J connectivity index is 1.74. The first kappa shape index (κ1) is 18.3. The molecule has 1 aromatic rings. The minimum Gasteiger partial charge on any atom is -0.449 e. The van der Waals surface area contributed by atoms with E-state index in [4.69, 9.17) is 4.74 Å². The van der Waals surface area contributed by atoms with Gasteiger partial charge in [-0.05, 0) is 25.1 Å². The summed E-state index contributed by atoms with van der Waals surface area (Å²) in [4.78, 5) is 62.5. The first-order chi connectivity index (χ1) is 12.8. The van der Waals surface area contributed by atoms with Crippen LogP contribution in [-0.2, 0) is 9.53 Å². The lowest BCUT2D eigenvalue weighted by Crippen LogP contribution is -2.41. The first-order valence-electron chi connectivity index (χ1n) is 8.26. The summed E-state index contributed by atoms with van der Waals surface area (Å²) in [5, 5.41) is 2.49. The van der Waals surface area contributed by atoms with Crippen molar-refractivity contribution in [1.29, 1.82) is 0 Å². The van der Waals surface area contributed by atoms with E-state index in [2.05, 4.69) is 11.9 Å². The highest BCUT2D eigenvalue weighted by atomic mass is 16.5. The number of carbonyl (C=O) groups is 5. The number of esters is 1. The summed E-state index contributed by atoms with van der Waals surface area (Å²) in [5.74, 6) is -2.45. The highest BCUT2D eigenvalue weighted by molar-refractivity contribution is 6.22. The molecule has 3 rings (SSSR count). The molecule has 0 aliphatic carbocycles. The number of ether oxygens (including phenoxy) is 1. The van der Waals surface area contributed by atoms with E-state index in [0.29, 0.717) is 6.54 Å². The second-order valence-corrected chi connectivity index (χ2v) is 6.04. The van der Waals surface area contributed by atoms with Gasteiger partial charge in [0.1, 0.15) is 0 Å². The summed E-state index contributed by atoms with van der Waals surface area (Å²) in [6.07, 6.45) is 0.253. The molecule has 0 aromatic heterocycles. The fraction of sp³-hybridized carbons (Fsp3) is 0.278. The molecule has 2 aliphatic rings. The average molecular weight is 371 g/mol. The van der Waals surface area contributed by atoms with Crippen LogP contribution in [0.25, 0.3) is 0 Å². The Morgan fingerprint density at radius 2 is 1.96 bits per heavy atom. The summed E-state index contributed by atoms with van der Waals surface area (Å²) in [7, 11) is 0. The molecule has 1 fully saturated rings. The molecular weight excluding hydrogens is 354 g/mol. The average Bonchev–Trinajstić information content (AvgIpc) is 3.18. The minimum absolute atomic E-state index is 0.0286. The van der Waals surface area contributed by atoms with E-state index in [-0.39, 0.29) is 29.8 Å². The zero-order chi connectivity index (χ0) is 19.7. The maximum Gasteiger partial charge on any atom is 0.338 e. The van der Waals surface area contributed by atoms with Crippen LogP contribution in [-0.4, -0.2) is 65.3 Å². The molecule has 9 nitrogen and oxygen atoms in total. The van der Waals surface area contributed by atoms with Crippen LogP contribution in [0.5, 0.6) is 0 Å². The number of hydrogen-bond acceptors (Lipinski definition) is 6. The van der Waals surface area contributed by atoms with E-state index in [1.165, 1.54) is 31.2 Å². The van der Waals surface area contributed by atoms with Crippen LogP contribution in [0, 0.1) is 0 Å². The molecule has 0 radical (unpaired) electrons. The van der Waals surface area contributed by atoms with E-state index < -0.39 is 35.8 Å². The normalized spacial score (nSPS) is 16.9. The second kappa shape index (κ2) is 7.02. The van der Waals surface area contributed by atoms with Crippen molar-refractivity contribution in [2.24, 2.45) is 0 Å². The van der Waals surface area contributed by atoms with Crippen LogP contribution >= 0.6 is 0 Å². The third-order valence-corrected chi connectivity index (χ3v) is 4.27. The van der Waals surface area contributed by atoms with Crippen LogP contribution in [0.2, 0.25) is 0 Å². The van der Waals surface area contributed by atoms with Crippen LogP contribution in [0.4, 0.5) is 4.79 Å². The van der Waals surface area contributed by atoms with Crippen molar-refractivity contribution in [3.8, 4) is 0 Å². The highest BCUT2D eigenvalue weighted by Gasteiger charge is 2.36. The molecular formula is C18H17N3O6. The third kappa shape index (κ3) is 3.19. The molecule has 0 unspecified atom stereocenters. The monoisotopic (exact) mass is 371 g/mol. The van der Waals surface area contributed by atoms with Crippen molar-refractivity contribution in [2.45, 2.75) is 13.0 Å². The summed E-state index contributed by atoms with van der Waals surface area (Å²) in [5.41, 5.74) is 0.311. The summed E-state index contributed by atoms with van der Waals surface area (Å²) in [6.45, 7) is 5.47. The smallest absolute Gasteiger partial charge is 0.338 e. The molecule has 1 saturated heterocycles. The molecule has 1 atom stereocenters. The van der Waals surface area contributed by atoms with Gasteiger partial charge in [-0.3, -0.25) is 24.2 Å². The Labute approximate surface area is 154 Å². The maximum atomic E-state index is 12.3. The van der Waals surface area contributed by atoms with E-state index in [1.54, 1.807) is 0 Å². The van der Waals surface area contributed by atoms with Crippen molar-refractivity contribution in [3.05, 3.63) is 47.5 Å². The Morgan fingerprint density at radius 1 is 1.26 bits per heavy atom. The molecule has 2 aliphatic heterocycles. The molecule has 5 amide bonds. The number of nitrogens with zero attached hydrogens (tertiary/aromatic N) is 2. The second-order valence-electron chi connectivity index (χ2n) is 6.04. The number of carbonyl (C=O) groups excluding carboxylic acids is 5. The molecule has 9 heteroatoms. The number of imide groups is 2. The van der Waals surface area contributed by atoms with E-state index >= 15 is 0 Å². The lowest BCUT2D eigenvalue weighted by atomic mass is 10.1. The van der Waals surface area contributed by atoms with Crippen LogP contribution in [0.1, 0.15) is 38.0 Å². The van der Waals surface area contributed by atoms with E-state index in [1.807, 2.05) is 0 Å². The predicted octanol–water partition coefficient (Wildman–Crippen LogP) is 0.566. The SMILES string of the molecule is C=CCN1C(=O)c2ccc(C(=O)O[C@H](C)C(=O)N3CCNC3=O)cc2C1=O. The topological polar surface area (TPSA) is 113 Å². The fourth-order valence-corrected chi connectivity index (χ4v) is 2.89. The number of fused-ring (bicyclic) bond motifs is 1. The maximum absolute atomic E-state index is 12.3. The molecule has 27 heavy (non-hydrogen) atoms. The van der Waals surface area contributed by atoms with Gasteiger partial charge in [-0.2, -0.15) is 0 Å². The third-order valence-electron chi connectivity index (χ3n) is 4.27. The number of amides is 5. The lowest BCUT2D eigenvalue weighted by Gasteiger charge is -2.18. The molecule has 0 bridgehead atoms. The van der Waals surface area contributed by atoms with Gasteiger partial charge < -0.3 is 10.1 Å². The molecule has 0 spiro atoms. The van der Waals surface area contributed by atoms with Crippen molar-refractivity contribution < 1.29 is 28.7 Å². The number of rotatable bonds is 5. The van der Waals surface area contributed by atoms with Gasteiger partial charge in [0.05, 0.1) is 16.7 Å². The van der Waals surface area contributed by atoms with Crippen LogP contribution in [0.15, 0.2) is 30.9 Å². The van der Waals surface area contributed by atoms with Gasteiger partial charge >= 0.3 is 12.0 Å². The standard InChI is InChI=1S/C18H17N3O6/c1-3-7-20-15(23)12-5-4-11(9-13(12)16(20)24)17(25)27-10(2)14(22)21-8-6-19-18(21)26/h3-5,9-10H,1,6-8H2,2H3,(H,19,26)/t10-/m1/s1. The van der Waals surface area contributed by atoms with Crippen LogP contribution in [0.3, 0.4) is 0 Å². The van der Waals surface area contributed by atoms with E-state index in [9.17, 15) is 24.0 Å². The quantitative estimate of drug-likeness (QED) is 0.460. The largest absolute Gasteiger partial charge is 0.449 e. The van der Waals surface area contributed by atoms with Gasteiger partial charge in [-0.1, -0.05) is 6.08 Å². The van der Waals surface area contributed by atoms with Gasteiger partial charge in [-0.25, -0.2) is 9.59 Å². The molecule has 2 heterocycles. The van der Waals surface area contributed by atoms with Gasteiger partial charge in [-0.15, -0.1) is 6.58 Å². The van der Waals surface area contributed by atoms with Gasteiger partial charge in [0.2, 0.25) is 0 Å². The summed E-state index contributed by atoms with van der Waals surface area (Å²) in [6, 6.07) is 3.45. The number of urea groups is 1. The fourth-order valence-electron chi connectivity index (χ4n) is 2.89. The van der Waals surface area contributed by atoms with Crippen molar-refractivity contribution >= 4 is 29.7 Å². The lowest BCUT2D eigenvalue weighted by molar-refractivity contribution is -0.136. The summed E-state index contributed by atoms with van der Waals surface area (Å²) < 4.78 is 5.12. The van der Waals surface area contributed by atoms with Gasteiger partial charge in [0, 0.05) is 19.6 Å². The Bertz CT molecular complexity index is 878. The van der Waals surface area contributed by atoms with Crippen LogP contribution < -0.4 is 5.32 Å². The Kier molecular flexibility index (Phi) is 4.76. The molecule has 1 N–H and O–H groups in total. The highest BCUT2D eigenvalue weighted by Crippen LogP contribution is 2.24. The number of hydrogen-bond donors (Lipinski definition) is 1. The molecule has 140 valence electrons. The summed E-state index contributed by atoms with van der Waals surface area (Å²) >= 11 is 0. The van der Waals surface area contributed by atoms with Crippen molar-refractivity contribution in [3.63, 3.8) is 0 Å². The van der Waals surface area contributed by atoms with Gasteiger partial charge in [0.25, 0.3) is 17.7 Å². The predicted molar refractivity (Wildman–Crippen MR) is 92.0 cm³/mol.